The Morgan fingerprint density at radius 2 is 1.50 bits per heavy atom. The molecule has 26 heavy (non-hydrogen) atoms. The topological polar surface area (TPSA) is 43.4 Å². The van der Waals surface area contributed by atoms with E-state index in [0.29, 0.717) is 21.5 Å². The first-order valence-electron chi connectivity index (χ1n) is 8.79. The summed E-state index contributed by atoms with van der Waals surface area (Å²) in [6.45, 7) is -0.314. The smallest absolute Gasteiger partial charge is 0.338 e. The van der Waals surface area contributed by atoms with E-state index in [1.807, 2.05) is 24.3 Å². The summed E-state index contributed by atoms with van der Waals surface area (Å²) in [5, 5.41) is 0.683. The van der Waals surface area contributed by atoms with E-state index in [0.717, 1.165) is 0 Å². The number of rotatable bonds is 5. The molecule has 0 bridgehead atoms. The van der Waals surface area contributed by atoms with Crippen LogP contribution in [0.1, 0.15) is 64.3 Å². The zero-order valence-electron chi connectivity index (χ0n) is 14.3. The molecule has 1 aliphatic carbocycles. The molecule has 0 radical (unpaired) electrons. The highest BCUT2D eigenvalue weighted by molar-refractivity contribution is 6.35. The van der Waals surface area contributed by atoms with E-state index in [1.54, 1.807) is 0 Å². The summed E-state index contributed by atoms with van der Waals surface area (Å²) in [6.07, 6.45) is 6.29. The molecule has 0 heterocycles. The van der Waals surface area contributed by atoms with Crippen molar-refractivity contribution in [1.82, 2.24) is 0 Å². The number of carbonyl (C=O) groups is 2. The quantitative estimate of drug-likeness (QED) is 0.458. The van der Waals surface area contributed by atoms with Gasteiger partial charge in [-0.05, 0) is 42.5 Å². The number of ether oxygens (including phenoxy) is 1. The molecule has 0 atom stereocenters. The van der Waals surface area contributed by atoms with Gasteiger partial charge in [-0.2, -0.15) is 0 Å². The van der Waals surface area contributed by atoms with E-state index in [9.17, 15) is 9.59 Å². The van der Waals surface area contributed by atoms with Gasteiger partial charge < -0.3 is 4.74 Å². The molecule has 1 fully saturated rings. The van der Waals surface area contributed by atoms with Crippen molar-refractivity contribution in [2.45, 2.75) is 38.0 Å². The fourth-order valence-corrected chi connectivity index (χ4v) is 3.87. The van der Waals surface area contributed by atoms with Crippen LogP contribution < -0.4 is 0 Å². The number of benzene rings is 2. The van der Waals surface area contributed by atoms with Crippen LogP contribution in [0, 0.1) is 0 Å². The third kappa shape index (κ3) is 4.87. The molecule has 0 spiro atoms. The molecule has 1 aliphatic rings. The lowest BCUT2D eigenvalue weighted by molar-refractivity contribution is 0.0475. The van der Waals surface area contributed by atoms with Crippen molar-refractivity contribution in [3.63, 3.8) is 0 Å². The van der Waals surface area contributed by atoms with Crippen LogP contribution in [0.4, 0.5) is 0 Å². The highest BCUT2D eigenvalue weighted by Crippen LogP contribution is 2.32. The fourth-order valence-electron chi connectivity index (χ4n) is 3.35. The van der Waals surface area contributed by atoms with Gasteiger partial charge in [-0.1, -0.05) is 66.7 Å². The standard InChI is InChI=1S/C21H20Cl2O3/c22-18-10-17(11-19(23)12-18)21(25)26-13-20(24)16-8-6-15(7-9-16)14-4-2-1-3-5-14/h6-12,14H,1-5,13H2. The summed E-state index contributed by atoms with van der Waals surface area (Å²) in [4.78, 5) is 24.3. The molecule has 3 nitrogen and oxygen atoms in total. The van der Waals surface area contributed by atoms with Gasteiger partial charge in [0.2, 0.25) is 0 Å². The van der Waals surface area contributed by atoms with Gasteiger partial charge >= 0.3 is 5.97 Å². The minimum atomic E-state index is -0.624. The Hall–Kier alpha value is -1.84. The number of carbonyl (C=O) groups excluding carboxylic acids is 2. The van der Waals surface area contributed by atoms with E-state index in [4.69, 9.17) is 27.9 Å². The second-order valence-electron chi connectivity index (χ2n) is 6.61. The van der Waals surface area contributed by atoms with Crippen molar-refractivity contribution in [2.75, 3.05) is 6.61 Å². The third-order valence-electron chi connectivity index (χ3n) is 4.74. The van der Waals surface area contributed by atoms with Crippen LogP contribution in [-0.2, 0) is 4.74 Å². The van der Waals surface area contributed by atoms with Crippen LogP contribution in [0.3, 0.4) is 0 Å². The molecule has 0 unspecified atom stereocenters. The average molecular weight is 391 g/mol. The molecule has 0 amide bonds. The minimum absolute atomic E-state index is 0.225. The van der Waals surface area contributed by atoms with Crippen molar-refractivity contribution in [3.05, 3.63) is 69.2 Å². The van der Waals surface area contributed by atoms with E-state index in [2.05, 4.69) is 0 Å². The van der Waals surface area contributed by atoms with E-state index >= 15 is 0 Å². The Bertz CT molecular complexity index is 773. The second-order valence-corrected chi connectivity index (χ2v) is 7.49. The van der Waals surface area contributed by atoms with Crippen LogP contribution in [0.25, 0.3) is 0 Å². The molecule has 3 rings (SSSR count). The monoisotopic (exact) mass is 390 g/mol. The molecular formula is C21H20Cl2O3. The highest BCUT2D eigenvalue weighted by Gasteiger charge is 2.17. The first-order valence-corrected chi connectivity index (χ1v) is 9.55. The highest BCUT2D eigenvalue weighted by atomic mass is 35.5. The average Bonchev–Trinajstić information content (AvgIpc) is 2.66. The summed E-state index contributed by atoms with van der Waals surface area (Å²) in [7, 11) is 0. The number of esters is 1. The van der Waals surface area contributed by atoms with Gasteiger partial charge in [-0.15, -0.1) is 0 Å². The largest absolute Gasteiger partial charge is 0.454 e. The Balaban J connectivity index is 1.58. The molecule has 5 heteroatoms. The predicted molar refractivity (Wildman–Crippen MR) is 103 cm³/mol. The Morgan fingerprint density at radius 1 is 0.885 bits per heavy atom. The van der Waals surface area contributed by atoms with Crippen LogP contribution in [0.2, 0.25) is 10.0 Å². The summed E-state index contributed by atoms with van der Waals surface area (Å²) in [6, 6.07) is 12.1. The molecular weight excluding hydrogens is 371 g/mol. The molecule has 2 aromatic rings. The molecule has 0 saturated heterocycles. The molecule has 136 valence electrons. The number of ketones is 1. The van der Waals surface area contributed by atoms with Crippen LogP contribution in [0.5, 0.6) is 0 Å². The SMILES string of the molecule is O=C(COC(=O)c1cc(Cl)cc(Cl)c1)c1ccc(C2CCCCC2)cc1. The first kappa shape index (κ1) is 18.9. The van der Waals surface area contributed by atoms with Crippen molar-refractivity contribution in [2.24, 2.45) is 0 Å². The lowest BCUT2D eigenvalue weighted by atomic mass is 9.84. The summed E-state index contributed by atoms with van der Waals surface area (Å²) in [5.41, 5.74) is 2.05. The lowest BCUT2D eigenvalue weighted by Gasteiger charge is -2.22. The van der Waals surface area contributed by atoms with Crippen molar-refractivity contribution in [1.29, 1.82) is 0 Å². The van der Waals surface area contributed by atoms with Gasteiger partial charge in [0.05, 0.1) is 5.56 Å². The van der Waals surface area contributed by atoms with Gasteiger partial charge in [0.1, 0.15) is 0 Å². The Morgan fingerprint density at radius 3 is 2.12 bits per heavy atom. The second kappa shape index (κ2) is 8.70. The summed E-state index contributed by atoms with van der Waals surface area (Å²) >= 11 is 11.7. The zero-order chi connectivity index (χ0) is 18.5. The number of Topliss-reactive ketones (excluding diaryl/α,β-unsaturated/α-hetero) is 1. The van der Waals surface area contributed by atoms with Crippen LogP contribution in [0.15, 0.2) is 42.5 Å². The molecule has 0 aliphatic heterocycles. The van der Waals surface area contributed by atoms with Gasteiger partial charge in [-0.25, -0.2) is 4.79 Å². The maximum absolute atomic E-state index is 12.3. The normalized spacial score (nSPS) is 14.8. The van der Waals surface area contributed by atoms with Crippen molar-refractivity contribution < 1.29 is 14.3 Å². The van der Waals surface area contributed by atoms with Crippen LogP contribution >= 0.6 is 23.2 Å². The van der Waals surface area contributed by atoms with Gasteiger partial charge in [0, 0.05) is 15.6 Å². The van der Waals surface area contributed by atoms with Crippen LogP contribution in [-0.4, -0.2) is 18.4 Å². The van der Waals surface area contributed by atoms with Gasteiger partial charge in [0.15, 0.2) is 12.4 Å². The van der Waals surface area contributed by atoms with Gasteiger partial charge in [-0.3, -0.25) is 4.79 Å². The zero-order valence-corrected chi connectivity index (χ0v) is 15.9. The predicted octanol–water partition coefficient (Wildman–Crippen LogP) is 6.08. The Labute approximate surface area is 163 Å². The number of halogens is 2. The van der Waals surface area contributed by atoms with E-state index < -0.39 is 5.97 Å². The minimum Gasteiger partial charge on any atom is -0.454 e. The van der Waals surface area contributed by atoms with Gasteiger partial charge in [0.25, 0.3) is 0 Å². The number of hydrogen-bond donors (Lipinski definition) is 0. The first-order chi connectivity index (χ1) is 12.5. The van der Waals surface area contributed by atoms with E-state index in [1.165, 1.54) is 55.9 Å². The lowest BCUT2D eigenvalue weighted by Crippen LogP contribution is -2.14. The summed E-state index contributed by atoms with van der Waals surface area (Å²) in [5.74, 6) is -0.262. The molecule has 2 aromatic carbocycles. The maximum Gasteiger partial charge on any atom is 0.338 e. The molecule has 1 saturated carbocycles. The van der Waals surface area contributed by atoms with Crippen molar-refractivity contribution in [3.8, 4) is 0 Å². The van der Waals surface area contributed by atoms with Crippen molar-refractivity contribution >= 4 is 35.0 Å². The molecule has 0 aromatic heterocycles. The Kier molecular flexibility index (Phi) is 6.33. The fraction of sp³-hybridized carbons (Fsp3) is 0.333. The maximum atomic E-state index is 12.3. The molecule has 0 N–H and O–H groups in total. The summed E-state index contributed by atoms with van der Waals surface area (Å²) < 4.78 is 5.10. The third-order valence-corrected chi connectivity index (χ3v) is 5.18. The number of hydrogen-bond acceptors (Lipinski definition) is 3. The van der Waals surface area contributed by atoms with E-state index in [-0.39, 0.29) is 18.0 Å².